The molecule has 1 unspecified atom stereocenters. The molecule has 0 saturated carbocycles. The smallest absolute Gasteiger partial charge is 0.191 e. The Hall–Kier alpha value is -0.650. The van der Waals surface area contributed by atoms with Gasteiger partial charge in [-0.15, -0.1) is 35.3 Å². The summed E-state index contributed by atoms with van der Waals surface area (Å²) >= 11 is 1.65. The molecule has 1 aromatic heterocycles. The Kier molecular flexibility index (Phi) is 11.4. The molecule has 0 amide bonds. The van der Waals surface area contributed by atoms with E-state index >= 15 is 0 Å². The first kappa shape index (κ1) is 23.4. The summed E-state index contributed by atoms with van der Waals surface area (Å²) in [6.07, 6.45) is 0. The molecule has 1 aliphatic rings. The second kappa shape index (κ2) is 12.7. The normalized spacial score (nSPS) is 16.7. The van der Waals surface area contributed by atoms with Crippen molar-refractivity contribution in [1.29, 1.82) is 0 Å². The number of halogens is 1. The Morgan fingerprint density at radius 2 is 2.12 bits per heavy atom. The molecular weight excluding hydrogens is 463 g/mol. The largest absolute Gasteiger partial charge is 0.379 e. The van der Waals surface area contributed by atoms with Crippen LogP contribution in [-0.2, 0) is 11.3 Å². The zero-order valence-electron chi connectivity index (χ0n) is 16.3. The van der Waals surface area contributed by atoms with Crippen molar-refractivity contribution in [1.82, 2.24) is 20.5 Å². The first-order valence-electron chi connectivity index (χ1n) is 9.02. The van der Waals surface area contributed by atoms with Gasteiger partial charge in [-0.3, -0.25) is 4.90 Å². The van der Waals surface area contributed by atoms with Gasteiger partial charge in [0.05, 0.1) is 25.5 Å². The van der Waals surface area contributed by atoms with E-state index in [-0.39, 0.29) is 24.0 Å². The number of guanidine groups is 1. The number of morpholine rings is 1. The van der Waals surface area contributed by atoms with Gasteiger partial charge in [-0.1, -0.05) is 6.92 Å². The van der Waals surface area contributed by atoms with E-state index in [0.717, 1.165) is 62.7 Å². The van der Waals surface area contributed by atoms with E-state index in [4.69, 9.17) is 4.74 Å². The molecule has 9 heteroatoms. The summed E-state index contributed by atoms with van der Waals surface area (Å²) in [5.74, 6) is 1.41. The predicted octanol–water partition coefficient (Wildman–Crippen LogP) is 1.85. The van der Waals surface area contributed by atoms with Crippen LogP contribution in [-0.4, -0.2) is 75.9 Å². The molecule has 26 heavy (non-hydrogen) atoms. The molecule has 0 spiro atoms. The molecule has 0 radical (unpaired) electrons. The summed E-state index contributed by atoms with van der Waals surface area (Å²) in [4.78, 5) is 13.7. The van der Waals surface area contributed by atoms with Crippen LogP contribution in [0.2, 0.25) is 0 Å². The van der Waals surface area contributed by atoms with E-state index in [1.807, 2.05) is 19.0 Å². The van der Waals surface area contributed by atoms with E-state index in [0.29, 0.717) is 12.5 Å². The molecule has 2 rings (SSSR count). The number of hydrogen-bond acceptors (Lipinski definition) is 6. The standard InChI is InChI=1S/C17H32N6OS.HI/c1-5-18-16(20-11-15-13-25-17(21-15)22(3)4)19-10-14(2)12-23-6-8-24-9-7-23;/h13-14H,5-12H2,1-4H3,(H2,18,19,20);1H. The molecule has 0 aromatic carbocycles. The van der Waals surface area contributed by atoms with Crippen LogP contribution in [0, 0.1) is 5.92 Å². The van der Waals surface area contributed by atoms with Crippen LogP contribution in [0.5, 0.6) is 0 Å². The van der Waals surface area contributed by atoms with E-state index in [9.17, 15) is 0 Å². The highest BCUT2D eigenvalue weighted by molar-refractivity contribution is 14.0. The van der Waals surface area contributed by atoms with Crippen LogP contribution in [0.1, 0.15) is 19.5 Å². The number of anilines is 1. The predicted molar refractivity (Wildman–Crippen MR) is 121 cm³/mol. The molecule has 0 aliphatic carbocycles. The van der Waals surface area contributed by atoms with Gasteiger partial charge in [-0.2, -0.15) is 0 Å². The summed E-state index contributed by atoms with van der Waals surface area (Å²) in [5, 5.41) is 9.86. The first-order chi connectivity index (χ1) is 12.1. The van der Waals surface area contributed by atoms with Crippen molar-refractivity contribution in [2.75, 3.05) is 64.9 Å². The molecule has 1 aliphatic heterocycles. The highest BCUT2D eigenvalue weighted by atomic mass is 127. The number of rotatable bonds is 8. The van der Waals surface area contributed by atoms with Crippen LogP contribution in [0.25, 0.3) is 0 Å². The van der Waals surface area contributed by atoms with Gasteiger partial charge in [0, 0.05) is 52.2 Å². The molecule has 7 nitrogen and oxygen atoms in total. The van der Waals surface area contributed by atoms with Crippen molar-refractivity contribution in [2.45, 2.75) is 20.4 Å². The van der Waals surface area contributed by atoms with Crippen LogP contribution in [0.4, 0.5) is 5.13 Å². The number of hydrogen-bond donors (Lipinski definition) is 2. The summed E-state index contributed by atoms with van der Waals surface area (Å²) in [7, 11) is 4.01. The third kappa shape index (κ3) is 8.36. The van der Waals surface area contributed by atoms with Gasteiger partial charge in [0.25, 0.3) is 0 Å². The van der Waals surface area contributed by atoms with Crippen molar-refractivity contribution >= 4 is 46.4 Å². The van der Waals surface area contributed by atoms with E-state index in [2.05, 4.69) is 44.7 Å². The van der Waals surface area contributed by atoms with Gasteiger partial charge in [-0.05, 0) is 12.8 Å². The molecule has 150 valence electrons. The molecule has 2 heterocycles. The summed E-state index contributed by atoms with van der Waals surface area (Å²) in [6.45, 7) is 11.6. The Morgan fingerprint density at radius 1 is 1.38 bits per heavy atom. The molecule has 2 N–H and O–H groups in total. The van der Waals surface area contributed by atoms with Crippen molar-refractivity contribution in [2.24, 2.45) is 10.9 Å². The molecule has 1 fully saturated rings. The van der Waals surface area contributed by atoms with Gasteiger partial charge < -0.3 is 20.3 Å². The van der Waals surface area contributed by atoms with Crippen LogP contribution in [0.3, 0.4) is 0 Å². The maximum absolute atomic E-state index is 5.41. The molecule has 1 atom stereocenters. The Bertz CT molecular complexity index is 533. The van der Waals surface area contributed by atoms with Gasteiger partial charge in [0.15, 0.2) is 11.1 Å². The van der Waals surface area contributed by atoms with Crippen molar-refractivity contribution < 1.29 is 4.74 Å². The fourth-order valence-corrected chi connectivity index (χ4v) is 3.39. The lowest BCUT2D eigenvalue weighted by atomic mass is 10.1. The van der Waals surface area contributed by atoms with Crippen LogP contribution in [0.15, 0.2) is 10.4 Å². The number of thiazole rings is 1. The molecule has 1 saturated heterocycles. The average Bonchev–Trinajstić information content (AvgIpc) is 3.07. The van der Waals surface area contributed by atoms with Gasteiger partial charge in [0.1, 0.15) is 0 Å². The lowest BCUT2D eigenvalue weighted by Crippen LogP contribution is -2.44. The van der Waals surface area contributed by atoms with Gasteiger partial charge >= 0.3 is 0 Å². The molecular formula is C17H33IN6OS. The van der Waals surface area contributed by atoms with Gasteiger partial charge in [0.2, 0.25) is 0 Å². The SMILES string of the molecule is CCNC(=NCc1csc(N(C)C)n1)NCC(C)CN1CCOCC1.I. The van der Waals surface area contributed by atoms with E-state index in [1.54, 1.807) is 11.3 Å². The minimum atomic E-state index is 0. The number of aliphatic imine (C=N–C) groups is 1. The quantitative estimate of drug-likeness (QED) is 0.326. The summed E-state index contributed by atoms with van der Waals surface area (Å²) < 4.78 is 5.41. The zero-order chi connectivity index (χ0) is 18.1. The monoisotopic (exact) mass is 496 g/mol. The fraction of sp³-hybridized carbons (Fsp3) is 0.765. The highest BCUT2D eigenvalue weighted by Gasteiger charge is 2.14. The number of nitrogens with zero attached hydrogens (tertiary/aromatic N) is 4. The molecule has 1 aromatic rings. The maximum Gasteiger partial charge on any atom is 0.191 e. The lowest BCUT2D eigenvalue weighted by molar-refractivity contribution is 0.0320. The Balaban J connectivity index is 0.00000338. The van der Waals surface area contributed by atoms with Crippen molar-refractivity contribution in [3.05, 3.63) is 11.1 Å². The second-order valence-electron chi connectivity index (χ2n) is 6.61. The number of aromatic nitrogens is 1. The fourth-order valence-electron chi connectivity index (χ4n) is 2.64. The average molecular weight is 496 g/mol. The zero-order valence-corrected chi connectivity index (χ0v) is 19.5. The number of ether oxygens (including phenoxy) is 1. The Morgan fingerprint density at radius 3 is 2.73 bits per heavy atom. The van der Waals surface area contributed by atoms with Crippen LogP contribution < -0.4 is 15.5 Å². The molecule has 0 bridgehead atoms. The topological polar surface area (TPSA) is 65.0 Å². The third-order valence-electron chi connectivity index (χ3n) is 3.96. The second-order valence-corrected chi connectivity index (χ2v) is 7.45. The first-order valence-corrected chi connectivity index (χ1v) is 9.90. The van der Waals surface area contributed by atoms with Gasteiger partial charge in [-0.25, -0.2) is 9.98 Å². The minimum Gasteiger partial charge on any atom is -0.379 e. The van der Waals surface area contributed by atoms with E-state index in [1.165, 1.54) is 0 Å². The number of nitrogens with one attached hydrogen (secondary N) is 2. The summed E-state index contributed by atoms with van der Waals surface area (Å²) in [6, 6.07) is 0. The minimum absolute atomic E-state index is 0. The third-order valence-corrected chi connectivity index (χ3v) is 5.01. The highest BCUT2D eigenvalue weighted by Crippen LogP contribution is 2.18. The summed E-state index contributed by atoms with van der Waals surface area (Å²) in [5.41, 5.74) is 1.01. The lowest BCUT2D eigenvalue weighted by Gasteiger charge is -2.29. The van der Waals surface area contributed by atoms with Crippen LogP contribution >= 0.6 is 35.3 Å². The maximum atomic E-state index is 5.41. The van der Waals surface area contributed by atoms with E-state index < -0.39 is 0 Å². The van der Waals surface area contributed by atoms with Crippen molar-refractivity contribution in [3.63, 3.8) is 0 Å². The van der Waals surface area contributed by atoms with Crippen molar-refractivity contribution in [3.8, 4) is 0 Å². The Labute approximate surface area is 178 Å².